The predicted octanol–water partition coefficient (Wildman–Crippen LogP) is 2.40. The van der Waals surface area contributed by atoms with Crippen LogP contribution < -0.4 is 14.9 Å². The summed E-state index contributed by atoms with van der Waals surface area (Å²) in [5.41, 5.74) is 3.26. The second kappa shape index (κ2) is 7.78. The summed E-state index contributed by atoms with van der Waals surface area (Å²) >= 11 is 0. The molecule has 1 saturated carbocycles. The summed E-state index contributed by atoms with van der Waals surface area (Å²) in [5, 5.41) is 4.42. The van der Waals surface area contributed by atoms with E-state index in [1.807, 2.05) is 24.4 Å². The number of carbonyl (C=O) groups excluding carboxylic acids is 1. The van der Waals surface area contributed by atoms with Crippen molar-refractivity contribution in [3.8, 4) is 0 Å². The van der Waals surface area contributed by atoms with Gasteiger partial charge in [-0.15, -0.1) is 0 Å². The third kappa shape index (κ3) is 3.75. The predicted molar refractivity (Wildman–Crippen MR) is 121 cm³/mol. The molecule has 3 N–H and O–H groups in total. The van der Waals surface area contributed by atoms with Gasteiger partial charge in [0.25, 0.3) is 0 Å². The fourth-order valence-corrected chi connectivity index (χ4v) is 5.64. The monoisotopic (exact) mass is 438 g/mol. The number of anilines is 1. The van der Waals surface area contributed by atoms with Crippen LogP contribution in [0.15, 0.2) is 53.6 Å². The molecule has 0 unspecified atom stereocenters. The smallest absolute Gasteiger partial charge is 0.240 e. The van der Waals surface area contributed by atoms with Crippen LogP contribution in [0.4, 0.5) is 5.69 Å². The van der Waals surface area contributed by atoms with Crippen molar-refractivity contribution in [2.75, 3.05) is 37.6 Å². The first-order chi connectivity index (χ1) is 15.0. The first-order valence-electron chi connectivity index (χ1n) is 10.6. The Morgan fingerprint density at radius 1 is 1.10 bits per heavy atom. The Hall–Kier alpha value is -2.68. The van der Waals surface area contributed by atoms with E-state index in [0.717, 1.165) is 56.2 Å². The van der Waals surface area contributed by atoms with Crippen molar-refractivity contribution in [3.05, 3.63) is 59.8 Å². The van der Waals surface area contributed by atoms with Gasteiger partial charge in [0, 0.05) is 66.5 Å². The largest absolute Gasteiger partial charge is 0.368 e. The minimum Gasteiger partial charge on any atom is -0.368 e. The number of nitrogens with zero attached hydrogens (tertiary/aromatic N) is 1. The molecule has 0 spiro atoms. The minimum atomic E-state index is -3.70. The van der Waals surface area contributed by atoms with Crippen LogP contribution >= 0.6 is 0 Å². The lowest BCUT2D eigenvalue weighted by atomic mass is 9.96. The molecule has 1 aromatic heterocycles. The molecule has 7 nitrogen and oxygen atoms in total. The Kier molecular flexibility index (Phi) is 5.08. The summed E-state index contributed by atoms with van der Waals surface area (Å²) in [7, 11) is -3.70. The first-order valence-corrected chi connectivity index (χ1v) is 12.1. The van der Waals surface area contributed by atoms with E-state index in [1.54, 1.807) is 12.1 Å². The number of nitrogens with one attached hydrogen (secondary N) is 3. The quantitative estimate of drug-likeness (QED) is 0.493. The molecule has 3 aromatic rings. The summed E-state index contributed by atoms with van der Waals surface area (Å²) in [5.74, 6) is 0. The molecule has 0 bridgehead atoms. The highest BCUT2D eigenvalue weighted by Crippen LogP contribution is 2.50. The van der Waals surface area contributed by atoms with Gasteiger partial charge in [-0.25, -0.2) is 13.1 Å². The van der Waals surface area contributed by atoms with Crippen molar-refractivity contribution in [3.63, 3.8) is 0 Å². The summed E-state index contributed by atoms with van der Waals surface area (Å²) in [6.45, 7) is 3.44. The molecule has 0 amide bonds. The number of benzene rings is 2. The molecule has 2 fully saturated rings. The van der Waals surface area contributed by atoms with Crippen LogP contribution in [0.3, 0.4) is 0 Å². The van der Waals surface area contributed by atoms with Crippen LogP contribution in [0.2, 0.25) is 0 Å². The van der Waals surface area contributed by atoms with E-state index in [9.17, 15) is 13.2 Å². The van der Waals surface area contributed by atoms with Crippen LogP contribution in [0.25, 0.3) is 10.9 Å². The fraction of sp³-hybridized carbons (Fsp3) is 0.348. The minimum absolute atomic E-state index is 0.170. The number of rotatable bonds is 7. The number of piperazine rings is 1. The van der Waals surface area contributed by atoms with Crippen LogP contribution in [-0.4, -0.2) is 52.4 Å². The van der Waals surface area contributed by atoms with E-state index >= 15 is 0 Å². The highest BCUT2D eigenvalue weighted by molar-refractivity contribution is 7.89. The fourth-order valence-electron chi connectivity index (χ4n) is 4.49. The van der Waals surface area contributed by atoms with Gasteiger partial charge in [0.2, 0.25) is 10.0 Å². The highest BCUT2D eigenvalue weighted by atomic mass is 32.2. The van der Waals surface area contributed by atoms with Gasteiger partial charge in [0.1, 0.15) is 0 Å². The topological polar surface area (TPSA) is 94.3 Å². The van der Waals surface area contributed by atoms with Crippen molar-refractivity contribution in [1.82, 2.24) is 15.0 Å². The lowest BCUT2D eigenvalue weighted by Crippen LogP contribution is -2.44. The van der Waals surface area contributed by atoms with Gasteiger partial charge in [-0.3, -0.25) is 4.79 Å². The van der Waals surface area contributed by atoms with Gasteiger partial charge < -0.3 is 15.2 Å². The van der Waals surface area contributed by atoms with E-state index < -0.39 is 10.0 Å². The average Bonchev–Trinajstić information content (AvgIpc) is 3.48. The van der Waals surface area contributed by atoms with Crippen LogP contribution in [0, 0.1) is 0 Å². The third-order valence-electron chi connectivity index (χ3n) is 6.51. The van der Waals surface area contributed by atoms with Crippen molar-refractivity contribution in [2.24, 2.45) is 0 Å². The Morgan fingerprint density at radius 3 is 2.61 bits per heavy atom. The number of hydrogen-bond donors (Lipinski definition) is 3. The molecular weight excluding hydrogens is 412 g/mol. The summed E-state index contributed by atoms with van der Waals surface area (Å²) in [6.07, 6.45) is 4.70. The highest BCUT2D eigenvalue weighted by Gasteiger charge is 2.46. The number of para-hydroxylation sites is 1. The van der Waals surface area contributed by atoms with Crippen molar-refractivity contribution in [1.29, 1.82) is 0 Å². The van der Waals surface area contributed by atoms with Gasteiger partial charge in [0.15, 0.2) is 6.29 Å². The van der Waals surface area contributed by atoms with Gasteiger partial charge in [-0.2, -0.15) is 0 Å². The van der Waals surface area contributed by atoms with E-state index in [1.165, 1.54) is 11.6 Å². The molecule has 0 radical (unpaired) electrons. The zero-order valence-electron chi connectivity index (χ0n) is 17.2. The Balaban J connectivity index is 1.39. The van der Waals surface area contributed by atoms with E-state index in [2.05, 4.69) is 26.0 Å². The number of H-pyrrole nitrogens is 1. The van der Waals surface area contributed by atoms with E-state index in [0.29, 0.717) is 17.8 Å². The third-order valence-corrected chi connectivity index (χ3v) is 7.91. The van der Waals surface area contributed by atoms with Gasteiger partial charge in [0.05, 0.1) is 4.90 Å². The second-order valence-corrected chi connectivity index (χ2v) is 10.2. The van der Waals surface area contributed by atoms with Crippen molar-refractivity contribution in [2.45, 2.75) is 23.2 Å². The molecule has 31 heavy (non-hydrogen) atoms. The van der Waals surface area contributed by atoms with Crippen LogP contribution in [-0.2, 0) is 15.4 Å². The molecule has 2 aromatic carbocycles. The molecule has 1 aliphatic heterocycles. The lowest BCUT2D eigenvalue weighted by molar-refractivity contribution is 0.112. The number of hydrogen-bond acceptors (Lipinski definition) is 5. The maximum atomic E-state index is 13.1. The summed E-state index contributed by atoms with van der Waals surface area (Å²) in [6, 6.07) is 12.9. The number of aromatic amines is 1. The number of fused-ring (bicyclic) bond motifs is 1. The van der Waals surface area contributed by atoms with Crippen LogP contribution in [0.5, 0.6) is 0 Å². The molecule has 1 aliphatic carbocycles. The number of sulfonamides is 1. The van der Waals surface area contributed by atoms with Crippen LogP contribution in [0.1, 0.15) is 28.8 Å². The first kappa shape index (κ1) is 20.2. The average molecular weight is 439 g/mol. The number of aldehydes is 1. The Morgan fingerprint density at radius 2 is 1.87 bits per heavy atom. The zero-order valence-corrected chi connectivity index (χ0v) is 18.0. The van der Waals surface area contributed by atoms with E-state index in [4.69, 9.17) is 0 Å². The Bertz CT molecular complexity index is 1220. The van der Waals surface area contributed by atoms with Crippen molar-refractivity contribution < 1.29 is 13.2 Å². The zero-order chi connectivity index (χ0) is 21.5. The maximum absolute atomic E-state index is 13.1. The van der Waals surface area contributed by atoms with Crippen molar-refractivity contribution >= 4 is 32.9 Å². The molecule has 5 rings (SSSR count). The molecule has 0 atom stereocenters. The Labute approximate surface area is 181 Å². The maximum Gasteiger partial charge on any atom is 0.240 e. The molecule has 2 heterocycles. The lowest BCUT2D eigenvalue weighted by Gasteiger charge is -2.30. The van der Waals surface area contributed by atoms with E-state index in [-0.39, 0.29) is 10.3 Å². The number of carbonyl (C=O) groups is 1. The standard InChI is InChI=1S/C23H26N4O3S/c28-15-17-5-6-18(13-22(17)27-11-9-24-10-12-27)31(29,30)26-16-23(7-8-23)20-14-25-21-4-2-1-3-19(20)21/h1-6,13-15,24-26H,7-12,16H2. The van der Waals surface area contributed by atoms with Gasteiger partial charge in [-0.1, -0.05) is 18.2 Å². The normalized spacial score (nSPS) is 18.3. The molecule has 8 heteroatoms. The number of aromatic nitrogens is 1. The summed E-state index contributed by atoms with van der Waals surface area (Å²) in [4.78, 5) is 17.1. The second-order valence-electron chi connectivity index (χ2n) is 8.43. The summed E-state index contributed by atoms with van der Waals surface area (Å²) < 4.78 is 29.1. The SMILES string of the molecule is O=Cc1ccc(S(=O)(=O)NCC2(c3c[nH]c4ccccc34)CC2)cc1N1CCNCC1. The molecule has 162 valence electrons. The molecular formula is C23H26N4O3S. The molecule has 1 saturated heterocycles. The molecule has 2 aliphatic rings. The van der Waals surface area contributed by atoms with Gasteiger partial charge >= 0.3 is 0 Å². The van der Waals surface area contributed by atoms with Gasteiger partial charge in [-0.05, 0) is 42.7 Å².